The smallest absolute Gasteiger partial charge is 0.276 e. The summed E-state index contributed by atoms with van der Waals surface area (Å²) in [6, 6.07) is 8.85. The van der Waals surface area contributed by atoms with Gasteiger partial charge in [0.05, 0.1) is 17.1 Å². The highest BCUT2D eigenvalue weighted by molar-refractivity contribution is 5.54. The van der Waals surface area contributed by atoms with Gasteiger partial charge in [0.25, 0.3) is 5.69 Å². The molecule has 0 saturated heterocycles. The Hall–Kier alpha value is -2.70. The fourth-order valence-electron chi connectivity index (χ4n) is 1.82. The van der Waals surface area contributed by atoms with Gasteiger partial charge in [-0.05, 0) is 24.6 Å². The van der Waals surface area contributed by atoms with Crippen LogP contribution in [0.15, 0.2) is 36.4 Å². The largest absolute Gasteiger partial charge is 0.370 e. The summed E-state index contributed by atoms with van der Waals surface area (Å²) in [4.78, 5) is 14.6. The van der Waals surface area contributed by atoms with E-state index in [9.17, 15) is 14.5 Å². The molecule has 0 radical (unpaired) electrons. The van der Waals surface area contributed by atoms with Gasteiger partial charge in [-0.15, -0.1) is 0 Å². The minimum atomic E-state index is -0.476. The zero-order valence-electron chi connectivity index (χ0n) is 11.5. The van der Waals surface area contributed by atoms with E-state index in [0.29, 0.717) is 24.7 Å². The number of hydrogen-bond donors (Lipinski definition) is 2. The molecule has 7 heteroatoms. The Balaban J connectivity index is 2.16. The van der Waals surface area contributed by atoms with Crippen molar-refractivity contribution in [2.24, 2.45) is 0 Å². The normalized spacial score (nSPS) is 10.2. The molecular weight excluding hydrogens is 275 g/mol. The molecule has 0 aliphatic heterocycles. The molecule has 2 N–H and O–H groups in total. The van der Waals surface area contributed by atoms with Gasteiger partial charge in [0.2, 0.25) is 0 Å². The maximum Gasteiger partial charge on any atom is 0.276 e. The summed E-state index contributed by atoms with van der Waals surface area (Å²) in [7, 11) is 0. The van der Waals surface area contributed by atoms with Crippen LogP contribution in [0.25, 0.3) is 0 Å². The highest BCUT2D eigenvalue weighted by Gasteiger charge is 2.10. The van der Waals surface area contributed by atoms with Crippen LogP contribution in [0.2, 0.25) is 0 Å². The Morgan fingerprint density at radius 2 is 1.95 bits per heavy atom. The maximum absolute atomic E-state index is 13.1. The second-order valence-electron chi connectivity index (χ2n) is 4.37. The monoisotopic (exact) mass is 290 g/mol. The van der Waals surface area contributed by atoms with E-state index in [-0.39, 0.29) is 11.5 Å². The van der Waals surface area contributed by atoms with Gasteiger partial charge in [-0.25, -0.2) is 9.37 Å². The molecule has 0 amide bonds. The van der Waals surface area contributed by atoms with Gasteiger partial charge in [-0.3, -0.25) is 10.1 Å². The quantitative estimate of drug-likeness (QED) is 0.631. The van der Waals surface area contributed by atoms with Crippen molar-refractivity contribution >= 4 is 17.3 Å². The van der Waals surface area contributed by atoms with Crippen LogP contribution in [0.3, 0.4) is 0 Å². The summed E-state index contributed by atoms with van der Waals surface area (Å²) in [5, 5.41) is 16.8. The Morgan fingerprint density at radius 1 is 1.24 bits per heavy atom. The molecule has 1 aromatic heterocycles. The third kappa shape index (κ3) is 4.13. The number of anilines is 2. The molecule has 1 aromatic carbocycles. The van der Waals surface area contributed by atoms with Gasteiger partial charge in [0, 0.05) is 13.1 Å². The van der Waals surface area contributed by atoms with Crippen LogP contribution >= 0.6 is 0 Å². The van der Waals surface area contributed by atoms with E-state index >= 15 is 0 Å². The van der Waals surface area contributed by atoms with Gasteiger partial charge < -0.3 is 10.6 Å². The van der Waals surface area contributed by atoms with Gasteiger partial charge in [0.15, 0.2) is 0 Å². The average Bonchev–Trinajstić information content (AvgIpc) is 2.45. The maximum atomic E-state index is 13.1. The number of aromatic nitrogens is 1. The predicted molar refractivity (Wildman–Crippen MR) is 78.8 cm³/mol. The second-order valence-corrected chi connectivity index (χ2v) is 4.37. The van der Waals surface area contributed by atoms with E-state index in [1.54, 1.807) is 12.1 Å². The van der Waals surface area contributed by atoms with Crippen LogP contribution < -0.4 is 10.6 Å². The number of benzene rings is 1. The molecule has 0 saturated carbocycles. The van der Waals surface area contributed by atoms with Gasteiger partial charge in [-0.2, -0.15) is 0 Å². The molecule has 110 valence electrons. The first kappa shape index (κ1) is 14.7. The van der Waals surface area contributed by atoms with Crippen LogP contribution in [0.1, 0.15) is 12.5 Å². The zero-order chi connectivity index (χ0) is 15.2. The minimum absolute atomic E-state index is 0.0531. The summed E-state index contributed by atoms with van der Waals surface area (Å²) in [6.07, 6.45) is 0. The fourth-order valence-corrected chi connectivity index (χ4v) is 1.82. The molecule has 0 aliphatic carbocycles. The number of nitro groups is 1. The van der Waals surface area contributed by atoms with Crippen molar-refractivity contribution in [1.82, 2.24) is 4.98 Å². The molecule has 1 heterocycles. The molecule has 0 bridgehead atoms. The van der Waals surface area contributed by atoms with Crippen LogP contribution in [0.4, 0.5) is 21.7 Å². The van der Waals surface area contributed by atoms with Gasteiger partial charge in [-0.1, -0.05) is 12.1 Å². The molecule has 2 rings (SSSR count). The van der Waals surface area contributed by atoms with Crippen LogP contribution in [-0.2, 0) is 6.54 Å². The van der Waals surface area contributed by atoms with E-state index < -0.39 is 4.92 Å². The molecule has 0 unspecified atom stereocenters. The summed E-state index contributed by atoms with van der Waals surface area (Å²) < 4.78 is 13.1. The van der Waals surface area contributed by atoms with Gasteiger partial charge in [0.1, 0.15) is 17.5 Å². The van der Waals surface area contributed by atoms with Crippen molar-refractivity contribution in [1.29, 1.82) is 0 Å². The van der Waals surface area contributed by atoms with E-state index in [0.717, 1.165) is 5.56 Å². The van der Waals surface area contributed by atoms with Crippen LogP contribution in [0.5, 0.6) is 0 Å². The van der Waals surface area contributed by atoms with Crippen molar-refractivity contribution < 1.29 is 9.31 Å². The molecule has 6 nitrogen and oxygen atoms in total. The Bertz CT molecular complexity index is 649. The highest BCUT2D eigenvalue weighted by atomic mass is 19.1. The third-order valence-corrected chi connectivity index (χ3v) is 2.74. The lowest BCUT2D eigenvalue weighted by Gasteiger charge is -2.08. The highest BCUT2D eigenvalue weighted by Crippen LogP contribution is 2.21. The first-order valence-corrected chi connectivity index (χ1v) is 6.47. The molecule has 0 spiro atoms. The molecule has 0 fully saturated rings. The van der Waals surface area contributed by atoms with Crippen molar-refractivity contribution in [3.05, 3.63) is 57.9 Å². The van der Waals surface area contributed by atoms with Crippen LogP contribution in [-0.4, -0.2) is 16.5 Å². The second kappa shape index (κ2) is 6.65. The summed E-state index contributed by atoms with van der Waals surface area (Å²) >= 11 is 0. The van der Waals surface area contributed by atoms with Gasteiger partial charge >= 0.3 is 0 Å². The summed E-state index contributed by atoms with van der Waals surface area (Å²) in [5.74, 6) is 0.465. The number of pyridine rings is 1. The van der Waals surface area contributed by atoms with Crippen LogP contribution in [0, 0.1) is 15.9 Å². The standard InChI is InChI=1S/C14H15FN4O2/c1-2-16-13-7-12(19(20)21)8-14(18-13)17-9-10-4-3-5-11(15)6-10/h3-8H,2,9H2,1H3,(H2,16,17,18). The average molecular weight is 290 g/mol. The third-order valence-electron chi connectivity index (χ3n) is 2.74. The predicted octanol–water partition coefficient (Wildman–Crippen LogP) is 3.17. The van der Waals surface area contributed by atoms with Crippen molar-refractivity contribution in [3.63, 3.8) is 0 Å². The van der Waals surface area contributed by atoms with E-state index in [2.05, 4.69) is 15.6 Å². The molecule has 2 aromatic rings. The zero-order valence-corrected chi connectivity index (χ0v) is 11.5. The number of rotatable bonds is 6. The topological polar surface area (TPSA) is 80.1 Å². The van der Waals surface area contributed by atoms with Crippen molar-refractivity contribution in [2.45, 2.75) is 13.5 Å². The SMILES string of the molecule is CCNc1cc([N+](=O)[O-])cc(NCc2cccc(F)c2)n1. The summed E-state index contributed by atoms with van der Waals surface area (Å²) in [5.41, 5.74) is 0.677. The Labute approximate surface area is 121 Å². The number of nitrogens with zero attached hydrogens (tertiary/aromatic N) is 2. The lowest BCUT2D eigenvalue weighted by atomic mass is 10.2. The lowest BCUT2D eigenvalue weighted by Crippen LogP contribution is -2.06. The fraction of sp³-hybridized carbons (Fsp3) is 0.214. The molecule has 0 atom stereocenters. The van der Waals surface area contributed by atoms with Crippen molar-refractivity contribution in [3.8, 4) is 0 Å². The van der Waals surface area contributed by atoms with Crippen molar-refractivity contribution in [2.75, 3.05) is 17.2 Å². The first-order valence-electron chi connectivity index (χ1n) is 6.47. The van der Waals surface area contributed by atoms with E-state index in [4.69, 9.17) is 0 Å². The first-order chi connectivity index (χ1) is 10.1. The van der Waals surface area contributed by atoms with E-state index in [1.165, 1.54) is 24.3 Å². The number of nitrogens with one attached hydrogen (secondary N) is 2. The Kier molecular flexibility index (Phi) is 4.65. The summed E-state index contributed by atoms with van der Waals surface area (Å²) in [6.45, 7) is 2.81. The molecule has 21 heavy (non-hydrogen) atoms. The minimum Gasteiger partial charge on any atom is -0.370 e. The molecule has 0 aliphatic rings. The number of hydrogen-bond acceptors (Lipinski definition) is 5. The number of halogens is 1. The Morgan fingerprint density at radius 3 is 2.57 bits per heavy atom. The van der Waals surface area contributed by atoms with E-state index in [1.807, 2.05) is 6.92 Å². The lowest BCUT2D eigenvalue weighted by molar-refractivity contribution is -0.384. The molecular formula is C14H15FN4O2.